The minimum absolute atomic E-state index is 0.159. The van der Waals surface area contributed by atoms with Crippen LogP contribution in [0.5, 0.6) is 0 Å². The molecular formula is C43H76O15. The fourth-order valence-electron chi connectivity index (χ4n) is 6.86. The van der Waals surface area contributed by atoms with Crippen LogP contribution in [0.2, 0.25) is 0 Å². The van der Waals surface area contributed by atoms with E-state index >= 15 is 0 Å². The number of aliphatic hydroxyl groups is 7. The van der Waals surface area contributed by atoms with Crippen LogP contribution in [0.3, 0.4) is 0 Å². The molecule has 2 aliphatic heterocycles. The molecule has 15 heteroatoms. The molecule has 338 valence electrons. The van der Waals surface area contributed by atoms with Crippen LogP contribution < -0.4 is 0 Å². The average Bonchev–Trinajstić information content (AvgIpc) is 3.21. The van der Waals surface area contributed by atoms with Gasteiger partial charge in [-0.2, -0.15) is 0 Å². The number of carbonyl (C=O) groups is 2. The molecule has 11 unspecified atom stereocenters. The van der Waals surface area contributed by atoms with E-state index in [0.717, 1.165) is 32.1 Å². The van der Waals surface area contributed by atoms with Crippen molar-refractivity contribution in [1.29, 1.82) is 0 Å². The highest BCUT2D eigenvalue weighted by molar-refractivity contribution is 5.69. The summed E-state index contributed by atoms with van der Waals surface area (Å²) in [6, 6.07) is 0. The number of ether oxygens (including phenoxy) is 6. The molecule has 0 amide bonds. The minimum Gasteiger partial charge on any atom is -0.462 e. The van der Waals surface area contributed by atoms with Crippen molar-refractivity contribution in [1.82, 2.24) is 0 Å². The number of hydrogen-bond acceptors (Lipinski definition) is 15. The van der Waals surface area contributed by atoms with Gasteiger partial charge < -0.3 is 64.2 Å². The van der Waals surface area contributed by atoms with Crippen LogP contribution in [0.4, 0.5) is 0 Å². The van der Waals surface area contributed by atoms with Crippen LogP contribution in [-0.4, -0.2) is 142 Å². The lowest BCUT2D eigenvalue weighted by molar-refractivity contribution is -0.332. The van der Waals surface area contributed by atoms with E-state index in [2.05, 4.69) is 31.2 Å². The van der Waals surface area contributed by atoms with Gasteiger partial charge in [0.05, 0.1) is 19.8 Å². The Bertz CT molecular complexity index is 1120. The Labute approximate surface area is 345 Å². The van der Waals surface area contributed by atoms with E-state index in [4.69, 9.17) is 28.4 Å². The van der Waals surface area contributed by atoms with Crippen LogP contribution >= 0.6 is 0 Å². The summed E-state index contributed by atoms with van der Waals surface area (Å²) >= 11 is 0. The van der Waals surface area contributed by atoms with E-state index in [0.29, 0.717) is 6.42 Å². The van der Waals surface area contributed by atoms with E-state index < -0.39 is 99.3 Å². The summed E-state index contributed by atoms with van der Waals surface area (Å²) in [6.45, 7) is 1.52. The lowest BCUT2D eigenvalue weighted by Crippen LogP contribution is -2.61. The molecule has 0 bridgehead atoms. The molecule has 2 fully saturated rings. The molecule has 2 heterocycles. The van der Waals surface area contributed by atoms with E-state index in [-0.39, 0.29) is 13.0 Å². The molecule has 2 saturated heterocycles. The van der Waals surface area contributed by atoms with Crippen molar-refractivity contribution in [3.05, 3.63) is 24.3 Å². The van der Waals surface area contributed by atoms with Gasteiger partial charge in [0.25, 0.3) is 0 Å². The predicted molar refractivity (Wildman–Crippen MR) is 215 cm³/mol. The van der Waals surface area contributed by atoms with Crippen molar-refractivity contribution in [2.45, 2.75) is 210 Å². The van der Waals surface area contributed by atoms with Gasteiger partial charge in [-0.25, -0.2) is 0 Å². The number of unbranched alkanes of at least 4 members (excludes halogenated alkanes) is 16. The molecule has 0 aromatic rings. The van der Waals surface area contributed by atoms with Gasteiger partial charge >= 0.3 is 11.9 Å². The zero-order chi connectivity index (χ0) is 42.5. The third-order valence-electron chi connectivity index (χ3n) is 10.5. The Kier molecular flexibility index (Phi) is 28.6. The first-order chi connectivity index (χ1) is 28.0. The van der Waals surface area contributed by atoms with Crippen LogP contribution in [-0.2, 0) is 38.0 Å². The summed E-state index contributed by atoms with van der Waals surface area (Å²) < 4.78 is 32.5. The highest BCUT2D eigenvalue weighted by Gasteiger charge is 2.47. The summed E-state index contributed by atoms with van der Waals surface area (Å²) in [5.74, 6) is -1.12. The summed E-state index contributed by atoms with van der Waals surface area (Å²) in [5, 5.41) is 71.1. The fraction of sp³-hybridized carbons (Fsp3) is 0.860. The molecule has 2 aliphatic rings. The molecule has 0 aromatic carbocycles. The maximum absolute atomic E-state index is 12.7. The largest absolute Gasteiger partial charge is 0.462 e. The molecule has 0 spiro atoms. The topological polar surface area (TPSA) is 231 Å². The zero-order valence-corrected chi connectivity index (χ0v) is 35.0. The van der Waals surface area contributed by atoms with E-state index in [9.17, 15) is 45.3 Å². The van der Waals surface area contributed by atoms with Crippen molar-refractivity contribution in [3.63, 3.8) is 0 Å². The third kappa shape index (κ3) is 21.5. The summed E-state index contributed by atoms with van der Waals surface area (Å²) in [4.78, 5) is 24.1. The SMILES string of the molecule is CCCCCCC/C=C\C/C=C\CCCCCCCCCCCCCC(=O)OC(COC(C)=O)COC1OC(COC2OC(CO)C(O)C(O)C2O)C(O)C(O)C1O. The summed E-state index contributed by atoms with van der Waals surface area (Å²) in [7, 11) is 0. The van der Waals surface area contributed by atoms with Gasteiger partial charge in [0, 0.05) is 13.3 Å². The molecule has 0 aliphatic carbocycles. The summed E-state index contributed by atoms with van der Waals surface area (Å²) in [5.41, 5.74) is 0. The number of allylic oxidation sites excluding steroid dienone is 4. The van der Waals surface area contributed by atoms with Gasteiger partial charge in [0.1, 0.15) is 55.4 Å². The van der Waals surface area contributed by atoms with Crippen LogP contribution in [0, 0.1) is 0 Å². The smallest absolute Gasteiger partial charge is 0.306 e. The Morgan fingerprint density at radius 3 is 1.60 bits per heavy atom. The first-order valence-electron chi connectivity index (χ1n) is 21.9. The Hall–Kier alpha value is -2.02. The van der Waals surface area contributed by atoms with Crippen molar-refractivity contribution in [2.75, 3.05) is 26.4 Å². The molecular weight excluding hydrogens is 756 g/mol. The first-order valence-corrected chi connectivity index (χ1v) is 21.9. The lowest BCUT2D eigenvalue weighted by atomic mass is 9.98. The number of rotatable bonds is 32. The minimum atomic E-state index is -1.76. The Balaban J connectivity index is 1.59. The van der Waals surface area contributed by atoms with Crippen LogP contribution in [0.15, 0.2) is 24.3 Å². The zero-order valence-electron chi connectivity index (χ0n) is 35.0. The molecule has 0 aromatic heterocycles. The molecule has 7 N–H and O–H groups in total. The molecule has 0 saturated carbocycles. The number of aliphatic hydroxyl groups excluding tert-OH is 7. The van der Waals surface area contributed by atoms with Crippen LogP contribution in [0.25, 0.3) is 0 Å². The number of hydrogen-bond donors (Lipinski definition) is 7. The van der Waals surface area contributed by atoms with Crippen molar-refractivity contribution in [2.24, 2.45) is 0 Å². The van der Waals surface area contributed by atoms with E-state index in [1.807, 2.05) is 0 Å². The molecule has 2 rings (SSSR count). The van der Waals surface area contributed by atoms with Gasteiger partial charge in [0.2, 0.25) is 0 Å². The number of esters is 2. The highest BCUT2D eigenvalue weighted by atomic mass is 16.7. The normalized spacial score (nSPS) is 28.3. The van der Waals surface area contributed by atoms with Crippen molar-refractivity contribution < 1.29 is 73.8 Å². The predicted octanol–water partition coefficient (Wildman–Crippen LogP) is 4.04. The lowest BCUT2D eigenvalue weighted by Gasteiger charge is -2.42. The van der Waals surface area contributed by atoms with Gasteiger partial charge in [-0.15, -0.1) is 0 Å². The Morgan fingerprint density at radius 1 is 0.586 bits per heavy atom. The molecule has 11 atom stereocenters. The second-order valence-corrected chi connectivity index (χ2v) is 15.6. The van der Waals surface area contributed by atoms with Gasteiger partial charge in [0.15, 0.2) is 18.7 Å². The van der Waals surface area contributed by atoms with Gasteiger partial charge in [-0.05, 0) is 38.5 Å². The molecule has 58 heavy (non-hydrogen) atoms. The maximum atomic E-state index is 12.7. The summed E-state index contributed by atoms with van der Waals surface area (Å²) in [6.07, 6.45) is 14.9. The van der Waals surface area contributed by atoms with Crippen molar-refractivity contribution in [3.8, 4) is 0 Å². The molecule has 0 radical (unpaired) electrons. The number of carbonyl (C=O) groups excluding carboxylic acids is 2. The first kappa shape index (κ1) is 52.1. The maximum Gasteiger partial charge on any atom is 0.306 e. The second-order valence-electron chi connectivity index (χ2n) is 15.6. The van der Waals surface area contributed by atoms with E-state index in [1.54, 1.807) is 0 Å². The van der Waals surface area contributed by atoms with Crippen molar-refractivity contribution >= 4 is 11.9 Å². The van der Waals surface area contributed by atoms with Crippen LogP contribution in [0.1, 0.15) is 142 Å². The van der Waals surface area contributed by atoms with Gasteiger partial charge in [-0.1, -0.05) is 115 Å². The fourth-order valence-corrected chi connectivity index (χ4v) is 6.86. The monoisotopic (exact) mass is 833 g/mol. The molecule has 15 nitrogen and oxygen atoms in total. The van der Waals surface area contributed by atoms with Gasteiger partial charge in [-0.3, -0.25) is 9.59 Å². The Morgan fingerprint density at radius 2 is 1.07 bits per heavy atom. The average molecular weight is 833 g/mol. The second kappa shape index (κ2) is 31.8. The highest BCUT2D eigenvalue weighted by Crippen LogP contribution is 2.26. The standard InChI is InChI=1S/C43H76O15/c1-3-4-5-6-7-8-9-10-11-12-13-14-15-16-17-18-19-20-21-22-23-24-25-26-35(46)56-32(28-53-31(2)45)29-54-42-41(52)39(50)37(48)34(58-42)30-55-43-40(51)38(49)36(47)33(27-44)57-43/h9-10,12-13,32-34,36-44,47-52H,3-8,11,14-30H2,1-2H3/b10-9-,13-12-. The quantitative estimate of drug-likeness (QED) is 0.0288. The van der Waals surface area contributed by atoms with E-state index in [1.165, 1.54) is 90.4 Å². The third-order valence-corrected chi connectivity index (χ3v) is 10.5.